The minimum absolute atomic E-state index is 0.339. The molecule has 7 nitrogen and oxygen atoms in total. The highest BCUT2D eigenvalue weighted by Crippen LogP contribution is 2.38. The van der Waals surface area contributed by atoms with Gasteiger partial charge in [0.25, 0.3) is 0 Å². The van der Waals surface area contributed by atoms with Crippen molar-refractivity contribution in [2.24, 2.45) is 4.99 Å². The summed E-state index contributed by atoms with van der Waals surface area (Å²) in [6, 6.07) is 5.85. The predicted octanol–water partition coefficient (Wildman–Crippen LogP) is 3.52. The Morgan fingerprint density at radius 1 is 1.21 bits per heavy atom. The SMILES string of the molecule is CCNC(=NCc1cc(C(C)C)no1)NCCc1cc(Cl)c2c(c1)OCCO2. The molecule has 0 unspecified atom stereocenters. The number of nitrogens with zero attached hydrogens (tertiary/aromatic N) is 2. The number of hydrogen-bond acceptors (Lipinski definition) is 5. The number of aliphatic imine (C=N–C) groups is 1. The van der Waals surface area contributed by atoms with Crippen LogP contribution in [0, 0.1) is 0 Å². The molecule has 1 aromatic heterocycles. The third kappa shape index (κ3) is 5.32. The molecular formula is C20H27ClN4O3. The number of ether oxygens (including phenoxy) is 2. The van der Waals surface area contributed by atoms with Gasteiger partial charge in [0.05, 0.1) is 10.7 Å². The summed E-state index contributed by atoms with van der Waals surface area (Å²) in [5.41, 5.74) is 2.02. The summed E-state index contributed by atoms with van der Waals surface area (Å²) in [7, 11) is 0. The smallest absolute Gasteiger partial charge is 0.191 e. The maximum Gasteiger partial charge on any atom is 0.191 e. The Morgan fingerprint density at radius 3 is 2.79 bits per heavy atom. The van der Waals surface area contributed by atoms with Crippen molar-refractivity contribution in [3.8, 4) is 11.5 Å². The van der Waals surface area contributed by atoms with Gasteiger partial charge in [-0.25, -0.2) is 4.99 Å². The molecule has 2 heterocycles. The van der Waals surface area contributed by atoms with Gasteiger partial charge in [0.15, 0.2) is 23.2 Å². The van der Waals surface area contributed by atoms with Crippen molar-refractivity contribution in [1.82, 2.24) is 15.8 Å². The van der Waals surface area contributed by atoms with Crippen LogP contribution in [0.4, 0.5) is 0 Å². The first kappa shape index (κ1) is 20.3. The summed E-state index contributed by atoms with van der Waals surface area (Å²) in [4.78, 5) is 4.57. The van der Waals surface area contributed by atoms with Crippen LogP contribution in [0.25, 0.3) is 0 Å². The zero-order valence-electron chi connectivity index (χ0n) is 16.5. The van der Waals surface area contributed by atoms with Gasteiger partial charge in [-0.15, -0.1) is 0 Å². The quantitative estimate of drug-likeness (QED) is 0.541. The number of nitrogens with one attached hydrogen (secondary N) is 2. The van der Waals surface area contributed by atoms with E-state index in [1.807, 2.05) is 25.1 Å². The zero-order chi connectivity index (χ0) is 19.9. The fraction of sp³-hybridized carbons (Fsp3) is 0.500. The van der Waals surface area contributed by atoms with Gasteiger partial charge in [-0.2, -0.15) is 0 Å². The largest absolute Gasteiger partial charge is 0.486 e. The van der Waals surface area contributed by atoms with Gasteiger partial charge in [0.1, 0.15) is 19.8 Å². The van der Waals surface area contributed by atoms with Crippen molar-refractivity contribution in [3.63, 3.8) is 0 Å². The number of rotatable bonds is 7. The van der Waals surface area contributed by atoms with Crippen molar-refractivity contribution in [2.45, 2.75) is 39.7 Å². The van der Waals surface area contributed by atoms with Crippen molar-refractivity contribution < 1.29 is 14.0 Å². The third-order valence-electron chi connectivity index (χ3n) is 4.27. The van der Waals surface area contributed by atoms with Gasteiger partial charge in [0, 0.05) is 19.2 Å². The summed E-state index contributed by atoms with van der Waals surface area (Å²) < 4.78 is 16.5. The molecule has 1 aliphatic rings. The molecule has 0 bridgehead atoms. The molecule has 0 spiro atoms. The Hall–Kier alpha value is -2.41. The number of benzene rings is 1. The summed E-state index contributed by atoms with van der Waals surface area (Å²) >= 11 is 6.30. The molecule has 28 heavy (non-hydrogen) atoms. The van der Waals surface area contributed by atoms with Gasteiger partial charge in [0.2, 0.25) is 0 Å². The lowest BCUT2D eigenvalue weighted by Crippen LogP contribution is -2.38. The van der Waals surface area contributed by atoms with Gasteiger partial charge >= 0.3 is 0 Å². The molecular weight excluding hydrogens is 380 g/mol. The zero-order valence-corrected chi connectivity index (χ0v) is 17.3. The van der Waals surface area contributed by atoms with E-state index in [1.165, 1.54) is 0 Å². The second-order valence-corrected chi connectivity index (χ2v) is 7.25. The molecule has 1 aliphatic heterocycles. The Kier molecular flexibility index (Phi) is 7.03. The fourth-order valence-electron chi connectivity index (χ4n) is 2.81. The average molecular weight is 407 g/mol. The van der Waals surface area contributed by atoms with Crippen LogP contribution in [0.1, 0.15) is 43.7 Å². The van der Waals surface area contributed by atoms with Crippen LogP contribution in [-0.4, -0.2) is 37.4 Å². The van der Waals surface area contributed by atoms with Gasteiger partial charge in [-0.3, -0.25) is 0 Å². The van der Waals surface area contributed by atoms with Gasteiger partial charge < -0.3 is 24.6 Å². The normalized spacial score (nSPS) is 13.7. The van der Waals surface area contributed by atoms with E-state index < -0.39 is 0 Å². The highest BCUT2D eigenvalue weighted by atomic mass is 35.5. The fourth-order valence-corrected chi connectivity index (χ4v) is 3.10. The summed E-state index contributed by atoms with van der Waals surface area (Å²) in [5.74, 6) is 3.16. The molecule has 0 aliphatic carbocycles. The topological polar surface area (TPSA) is 80.9 Å². The Morgan fingerprint density at radius 2 is 2.04 bits per heavy atom. The van der Waals surface area contributed by atoms with Crippen LogP contribution in [0.15, 0.2) is 27.7 Å². The standard InChI is InChI=1S/C20H27ClN4O3/c1-4-22-20(24-12-15-11-17(13(2)3)25-28-15)23-6-5-14-9-16(21)19-18(10-14)26-7-8-27-19/h9-11,13H,4-8,12H2,1-3H3,(H2,22,23,24). The number of aromatic nitrogens is 1. The van der Waals surface area contributed by atoms with Crippen molar-refractivity contribution >= 4 is 17.6 Å². The summed E-state index contributed by atoms with van der Waals surface area (Å²) in [6.45, 7) is 9.18. The number of hydrogen-bond donors (Lipinski definition) is 2. The van der Waals surface area contributed by atoms with E-state index in [0.29, 0.717) is 48.7 Å². The van der Waals surface area contributed by atoms with Crippen molar-refractivity contribution in [2.75, 3.05) is 26.3 Å². The van der Waals surface area contributed by atoms with Crippen LogP contribution >= 0.6 is 11.6 Å². The van der Waals surface area contributed by atoms with E-state index in [1.54, 1.807) is 0 Å². The summed E-state index contributed by atoms with van der Waals surface area (Å²) in [6.07, 6.45) is 0.778. The van der Waals surface area contributed by atoms with E-state index in [0.717, 1.165) is 35.9 Å². The summed E-state index contributed by atoms with van der Waals surface area (Å²) in [5, 5.41) is 11.2. The second-order valence-electron chi connectivity index (χ2n) is 6.85. The number of fused-ring (bicyclic) bond motifs is 1. The van der Waals surface area contributed by atoms with Crippen molar-refractivity contribution in [3.05, 3.63) is 40.2 Å². The molecule has 2 N–H and O–H groups in total. The van der Waals surface area contributed by atoms with E-state index in [9.17, 15) is 0 Å². The maximum atomic E-state index is 6.30. The van der Waals surface area contributed by atoms with Crippen LogP contribution in [0.3, 0.4) is 0 Å². The molecule has 0 radical (unpaired) electrons. The Balaban J connectivity index is 1.56. The average Bonchev–Trinajstić information content (AvgIpc) is 3.16. The molecule has 152 valence electrons. The lowest BCUT2D eigenvalue weighted by molar-refractivity contribution is 0.171. The lowest BCUT2D eigenvalue weighted by Gasteiger charge is -2.20. The molecule has 3 rings (SSSR count). The lowest BCUT2D eigenvalue weighted by atomic mass is 10.1. The van der Waals surface area contributed by atoms with Crippen molar-refractivity contribution in [1.29, 1.82) is 0 Å². The maximum absolute atomic E-state index is 6.30. The molecule has 0 saturated heterocycles. The van der Waals surface area contributed by atoms with Crippen LogP contribution in [0.5, 0.6) is 11.5 Å². The van der Waals surface area contributed by atoms with E-state index in [2.05, 4.69) is 34.6 Å². The monoisotopic (exact) mass is 406 g/mol. The van der Waals surface area contributed by atoms with Gasteiger partial charge in [-0.05, 0) is 37.0 Å². The minimum Gasteiger partial charge on any atom is -0.486 e. The molecule has 1 aromatic carbocycles. The molecule has 2 aromatic rings. The molecule has 0 amide bonds. The van der Waals surface area contributed by atoms with Crippen LogP contribution in [-0.2, 0) is 13.0 Å². The first-order valence-corrected chi connectivity index (χ1v) is 10.00. The second kappa shape index (κ2) is 9.68. The highest BCUT2D eigenvalue weighted by molar-refractivity contribution is 6.32. The first-order valence-electron chi connectivity index (χ1n) is 9.62. The molecule has 0 atom stereocenters. The first-order chi connectivity index (χ1) is 13.6. The molecule has 8 heteroatoms. The van der Waals surface area contributed by atoms with E-state index >= 15 is 0 Å². The predicted molar refractivity (Wildman–Crippen MR) is 110 cm³/mol. The minimum atomic E-state index is 0.339. The van der Waals surface area contributed by atoms with Crippen LogP contribution < -0.4 is 20.1 Å². The molecule has 0 fully saturated rings. The Labute approximate surface area is 170 Å². The molecule has 0 saturated carbocycles. The third-order valence-corrected chi connectivity index (χ3v) is 4.55. The highest BCUT2D eigenvalue weighted by Gasteiger charge is 2.16. The van der Waals surface area contributed by atoms with E-state index in [4.69, 9.17) is 25.6 Å². The number of halogens is 1. The van der Waals surface area contributed by atoms with Gasteiger partial charge in [-0.1, -0.05) is 30.6 Å². The Bertz CT molecular complexity index is 820. The van der Waals surface area contributed by atoms with Crippen LogP contribution in [0.2, 0.25) is 5.02 Å². The number of guanidine groups is 1. The van der Waals surface area contributed by atoms with E-state index in [-0.39, 0.29) is 0 Å².